The Kier molecular flexibility index (Phi) is 6.95. The van der Waals surface area contributed by atoms with Crippen molar-refractivity contribution in [2.75, 3.05) is 13.1 Å². The lowest BCUT2D eigenvalue weighted by molar-refractivity contribution is -0.175. The van der Waals surface area contributed by atoms with Gasteiger partial charge >= 0.3 is 18.4 Å². The SMILES string of the molecule is CC(C)(C)OC(=O)N[C@@H]1C[C@@H](C(F)(F)F)CC12CCN(C(=O)OCc1ccccc1)CC2. The van der Waals surface area contributed by atoms with Crippen LogP contribution in [-0.2, 0) is 16.1 Å². The van der Waals surface area contributed by atoms with Crippen LogP contribution in [0, 0.1) is 11.3 Å². The molecule has 2 aliphatic rings. The van der Waals surface area contributed by atoms with E-state index in [1.54, 1.807) is 20.8 Å². The van der Waals surface area contributed by atoms with Crippen LogP contribution in [0.1, 0.15) is 52.0 Å². The van der Waals surface area contributed by atoms with Crippen LogP contribution in [0.3, 0.4) is 0 Å². The molecule has 9 heteroatoms. The van der Waals surface area contributed by atoms with E-state index in [0.717, 1.165) is 5.56 Å². The summed E-state index contributed by atoms with van der Waals surface area (Å²) in [5, 5.41) is 2.69. The van der Waals surface area contributed by atoms with Crippen molar-refractivity contribution in [2.45, 2.75) is 70.9 Å². The van der Waals surface area contributed by atoms with Crippen LogP contribution in [-0.4, -0.2) is 48.0 Å². The van der Waals surface area contributed by atoms with Crippen molar-refractivity contribution in [3.8, 4) is 0 Å². The van der Waals surface area contributed by atoms with Gasteiger partial charge in [0.2, 0.25) is 0 Å². The molecule has 6 nitrogen and oxygen atoms in total. The van der Waals surface area contributed by atoms with Crippen LogP contribution in [0.5, 0.6) is 0 Å². The molecular formula is C23H31F3N2O4. The molecule has 1 spiro atoms. The van der Waals surface area contributed by atoms with Gasteiger partial charge in [-0.05, 0) is 57.4 Å². The monoisotopic (exact) mass is 456 g/mol. The average Bonchev–Trinajstić information content (AvgIpc) is 3.04. The molecule has 1 aliphatic heterocycles. The normalized spacial score (nSPS) is 23.1. The predicted octanol–water partition coefficient (Wildman–Crippen LogP) is 5.27. The Morgan fingerprint density at radius 2 is 1.75 bits per heavy atom. The summed E-state index contributed by atoms with van der Waals surface area (Å²) in [5.41, 5.74) is -0.613. The summed E-state index contributed by atoms with van der Waals surface area (Å²) in [4.78, 5) is 26.3. The third-order valence-corrected chi connectivity index (χ3v) is 6.29. The van der Waals surface area contributed by atoms with Crippen molar-refractivity contribution in [3.05, 3.63) is 35.9 Å². The van der Waals surface area contributed by atoms with Crippen LogP contribution in [0.2, 0.25) is 0 Å². The van der Waals surface area contributed by atoms with E-state index in [1.165, 1.54) is 4.90 Å². The van der Waals surface area contributed by atoms with Crippen LogP contribution in [0.4, 0.5) is 22.8 Å². The minimum atomic E-state index is -4.33. The van der Waals surface area contributed by atoms with Gasteiger partial charge in [-0.2, -0.15) is 13.2 Å². The van der Waals surface area contributed by atoms with Gasteiger partial charge in [-0.3, -0.25) is 0 Å². The van der Waals surface area contributed by atoms with Crippen molar-refractivity contribution in [2.24, 2.45) is 11.3 Å². The number of carbonyl (C=O) groups excluding carboxylic acids is 2. The Morgan fingerprint density at radius 1 is 1.12 bits per heavy atom. The summed E-state index contributed by atoms with van der Waals surface area (Å²) >= 11 is 0. The fraction of sp³-hybridized carbons (Fsp3) is 0.652. The molecule has 2 fully saturated rings. The van der Waals surface area contributed by atoms with E-state index >= 15 is 0 Å². The molecule has 1 N–H and O–H groups in total. The molecule has 0 unspecified atom stereocenters. The molecule has 32 heavy (non-hydrogen) atoms. The highest BCUT2D eigenvalue weighted by Gasteiger charge is 2.57. The zero-order valence-electron chi connectivity index (χ0n) is 18.7. The molecule has 2 amide bonds. The Morgan fingerprint density at radius 3 is 2.31 bits per heavy atom. The van der Waals surface area contributed by atoms with Gasteiger partial charge in [0.1, 0.15) is 12.2 Å². The van der Waals surface area contributed by atoms with E-state index in [4.69, 9.17) is 9.47 Å². The number of alkyl carbamates (subject to hydrolysis) is 1. The molecule has 1 heterocycles. The van der Waals surface area contributed by atoms with E-state index < -0.39 is 41.3 Å². The largest absolute Gasteiger partial charge is 0.445 e. The zero-order chi connectivity index (χ0) is 23.6. The molecule has 1 saturated heterocycles. The molecule has 1 aliphatic carbocycles. The summed E-state index contributed by atoms with van der Waals surface area (Å²) in [5.74, 6) is -1.49. The van der Waals surface area contributed by atoms with Crippen molar-refractivity contribution in [1.29, 1.82) is 0 Å². The van der Waals surface area contributed by atoms with Gasteiger partial charge in [-0.25, -0.2) is 9.59 Å². The number of halogens is 3. The molecule has 1 aromatic carbocycles. The first-order chi connectivity index (χ1) is 14.9. The summed E-state index contributed by atoms with van der Waals surface area (Å²) in [6.07, 6.45) is -5.05. The Labute approximate surface area is 186 Å². The lowest BCUT2D eigenvalue weighted by Gasteiger charge is -2.43. The smallest absolute Gasteiger partial charge is 0.410 e. The van der Waals surface area contributed by atoms with Crippen LogP contribution < -0.4 is 5.32 Å². The van der Waals surface area contributed by atoms with Gasteiger partial charge in [0, 0.05) is 19.1 Å². The number of piperidine rings is 1. The van der Waals surface area contributed by atoms with Crippen molar-refractivity contribution in [1.82, 2.24) is 10.2 Å². The minimum Gasteiger partial charge on any atom is -0.445 e. The molecule has 2 atom stereocenters. The van der Waals surface area contributed by atoms with Crippen LogP contribution in [0.25, 0.3) is 0 Å². The second kappa shape index (κ2) is 9.19. The lowest BCUT2D eigenvalue weighted by Crippen LogP contribution is -2.52. The van der Waals surface area contributed by atoms with Gasteiger partial charge in [-0.1, -0.05) is 30.3 Å². The van der Waals surface area contributed by atoms with Gasteiger partial charge in [0.15, 0.2) is 0 Å². The maximum Gasteiger partial charge on any atom is 0.410 e. The van der Waals surface area contributed by atoms with Crippen LogP contribution >= 0.6 is 0 Å². The third kappa shape index (κ3) is 6.07. The lowest BCUT2D eigenvalue weighted by atomic mass is 9.73. The van der Waals surface area contributed by atoms with Crippen LogP contribution in [0.15, 0.2) is 30.3 Å². The number of carbonyl (C=O) groups is 2. The maximum absolute atomic E-state index is 13.5. The van der Waals surface area contributed by atoms with E-state index in [9.17, 15) is 22.8 Å². The summed E-state index contributed by atoms with van der Waals surface area (Å²) in [6.45, 7) is 5.81. The molecule has 3 rings (SSSR count). The Balaban J connectivity index is 1.62. The number of ether oxygens (including phenoxy) is 2. The number of hydrogen-bond acceptors (Lipinski definition) is 4. The number of hydrogen-bond donors (Lipinski definition) is 1. The Hall–Kier alpha value is -2.45. The fourth-order valence-electron chi connectivity index (χ4n) is 4.66. The number of likely N-dealkylation sites (tertiary alicyclic amines) is 1. The van der Waals surface area contributed by atoms with E-state index in [0.29, 0.717) is 12.8 Å². The topological polar surface area (TPSA) is 67.9 Å². The minimum absolute atomic E-state index is 0.0656. The first-order valence-electron chi connectivity index (χ1n) is 10.9. The quantitative estimate of drug-likeness (QED) is 0.673. The molecule has 1 saturated carbocycles. The highest BCUT2D eigenvalue weighted by atomic mass is 19.4. The number of amides is 2. The third-order valence-electron chi connectivity index (χ3n) is 6.29. The number of rotatable bonds is 3. The molecule has 0 radical (unpaired) electrons. The molecule has 178 valence electrons. The van der Waals surface area contributed by atoms with Crippen molar-refractivity contribution < 1.29 is 32.2 Å². The predicted molar refractivity (Wildman–Crippen MR) is 112 cm³/mol. The second-order valence-electron chi connectivity index (χ2n) is 9.77. The first kappa shape index (κ1) is 24.2. The summed E-state index contributed by atoms with van der Waals surface area (Å²) < 4.78 is 51.2. The van der Waals surface area contributed by atoms with Gasteiger partial charge in [0.05, 0.1) is 5.92 Å². The molecule has 1 aromatic rings. The fourth-order valence-corrected chi connectivity index (χ4v) is 4.66. The highest BCUT2D eigenvalue weighted by molar-refractivity contribution is 5.69. The highest BCUT2D eigenvalue weighted by Crippen LogP contribution is 2.53. The summed E-state index contributed by atoms with van der Waals surface area (Å²) in [6, 6.07) is 8.60. The molecule has 0 aromatic heterocycles. The maximum atomic E-state index is 13.5. The van der Waals surface area contributed by atoms with Crippen molar-refractivity contribution in [3.63, 3.8) is 0 Å². The zero-order valence-corrected chi connectivity index (χ0v) is 18.7. The average molecular weight is 457 g/mol. The first-order valence-corrected chi connectivity index (χ1v) is 10.9. The number of nitrogens with one attached hydrogen (secondary N) is 1. The van der Waals surface area contributed by atoms with Gasteiger partial charge in [-0.15, -0.1) is 0 Å². The van der Waals surface area contributed by atoms with Gasteiger partial charge < -0.3 is 19.7 Å². The van der Waals surface area contributed by atoms with Crippen molar-refractivity contribution >= 4 is 12.2 Å². The van der Waals surface area contributed by atoms with Gasteiger partial charge in [0.25, 0.3) is 0 Å². The standard InChI is InChI=1S/C23H31F3N2O4/c1-21(2,3)32-19(29)27-18-13-17(23(24,25)26)14-22(18)9-11-28(12-10-22)20(30)31-15-16-7-5-4-6-8-16/h4-8,17-18H,9-15H2,1-3H3,(H,27,29)/t17-,18-/m1/s1. The number of alkyl halides is 3. The van der Waals surface area contributed by atoms with E-state index in [1.807, 2.05) is 30.3 Å². The number of benzene rings is 1. The molecular weight excluding hydrogens is 425 g/mol. The Bertz CT molecular complexity index is 800. The molecule has 0 bridgehead atoms. The second-order valence-corrected chi connectivity index (χ2v) is 9.77. The number of nitrogens with zero attached hydrogens (tertiary/aromatic N) is 1. The van der Waals surface area contributed by atoms with E-state index in [-0.39, 0.29) is 32.5 Å². The van der Waals surface area contributed by atoms with E-state index in [2.05, 4.69) is 5.32 Å². The summed E-state index contributed by atoms with van der Waals surface area (Å²) in [7, 11) is 0.